The average Bonchev–Trinajstić information content (AvgIpc) is 3.38. The maximum atomic E-state index is 14.1. The van der Waals surface area contributed by atoms with Gasteiger partial charge in [-0.1, -0.05) is 16.8 Å². The van der Waals surface area contributed by atoms with Crippen molar-refractivity contribution in [2.24, 2.45) is 7.02 Å². The molecular formula is C22H26ClF5N6O3S. The second kappa shape index (κ2) is 10.3. The zero-order chi connectivity index (χ0) is 28.6. The molecule has 0 unspecified atom stereocenters. The summed E-state index contributed by atoms with van der Waals surface area (Å²) < 4.78 is 102. The van der Waals surface area contributed by atoms with E-state index < -0.39 is 57.0 Å². The molecule has 1 saturated carbocycles. The summed E-state index contributed by atoms with van der Waals surface area (Å²) >= 11 is 5.94. The summed E-state index contributed by atoms with van der Waals surface area (Å²) in [6.45, 7) is 0.367. The van der Waals surface area contributed by atoms with E-state index in [1.165, 1.54) is 4.31 Å². The summed E-state index contributed by atoms with van der Waals surface area (Å²) in [4.78, 5) is 14.7. The van der Waals surface area contributed by atoms with Gasteiger partial charge < -0.3 is 5.32 Å². The van der Waals surface area contributed by atoms with Crippen molar-refractivity contribution in [3.05, 3.63) is 40.5 Å². The van der Waals surface area contributed by atoms with E-state index in [0.717, 1.165) is 23.0 Å². The molecule has 1 aromatic heterocycles. The van der Waals surface area contributed by atoms with Crippen molar-refractivity contribution in [1.29, 1.82) is 0 Å². The Morgan fingerprint density at radius 2 is 1.82 bits per heavy atom. The average molecular weight is 586 g/mol. The van der Waals surface area contributed by atoms with E-state index in [2.05, 4.69) is 15.6 Å². The molecule has 2 aromatic rings. The topological polar surface area (TPSA) is 100 Å². The quantitative estimate of drug-likeness (QED) is 0.523. The third-order valence-corrected chi connectivity index (χ3v) is 9.14. The lowest BCUT2D eigenvalue weighted by atomic mass is 9.78. The Balaban J connectivity index is 1.47. The number of nitrogens with one attached hydrogen (secondary N) is 1. The predicted molar refractivity (Wildman–Crippen MR) is 126 cm³/mol. The van der Waals surface area contributed by atoms with Crippen LogP contribution in [0, 0.1) is 0 Å². The largest absolute Gasteiger partial charge is 0.416 e. The van der Waals surface area contributed by atoms with Crippen molar-refractivity contribution in [2.75, 3.05) is 32.7 Å². The zero-order valence-corrected chi connectivity index (χ0v) is 21.6. The molecule has 2 fully saturated rings. The van der Waals surface area contributed by atoms with Crippen LogP contribution in [-0.4, -0.2) is 82.7 Å². The van der Waals surface area contributed by atoms with Crippen LogP contribution in [0.15, 0.2) is 29.4 Å². The van der Waals surface area contributed by atoms with Gasteiger partial charge in [0.15, 0.2) is 0 Å². The molecule has 1 saturated heterocycles. The minimum atomic E-state index is -4.64. The first-order valence-electron chi connectivity index (χ1n) is 12.3. The van der Waals surface area contributed by atoms with Gasteiger partial charge in [0.05, 0.1) is 22.3 Å². The van der Waals surface area contributed by atoms with Gasteiger partial charge >= 0.3 is 6.18 Å². The van der Waals surface area contributed by atoms with Crippen molar-refractivity contribution >= 4 is 27.5 Å². The number of hydrogen-bond acceptors (Lipinski definition) is 6. The SMILES string of the molecule is [2H]Cn1cc(S(=O)(=O)N2CCN(C3(CNC(=O)c4ccc(C(F)(F)F)cc4Cl)CCC(F)(F)CC3)CC2)nn1. The lowest BCUT2D eigenvalue weighted by Gasteiger charge is -2.50. The fraction of sp³-hybridized carbons (Fsp3) is 0.591. The van der Waals surface area contributed by atoms with Crippen LogP contribution >= 0.6 is 11.6 Å². The van der Waals surface area contributed by atoms with E-state index in [0.29, 0.717) is 6.07 Å². The van der Waals surface area contributed by atoms with E-state index in [1.807, 2.05) is 4.90 Å². The summed E-state index contributed by atoms with van der Waals surface area (Å²) in [5.41, 5.74) is -2.11. The third-order valence-electron chi connectivity index (χ3n) is 7.06. The Kier molecular flexibility index (Phi) is 7.39. The normalized spacial score (nSPS) is 21.2. The number of benzene rings is 1. The molecular weight excluding hydrogens is 559 g/mol. The number of sulfonamides is 1. The number of aromatic nitrogens is 3. The van der Waals surface area contributed by atoms with Gasteiger partial charge in [-0.25, -0.2) is 17.2 Å². The number of piperazine rings is 1. The lowest BCUT2D eigenvalue weighted by Crippen LogP contribution is -2.63. The maximum Gasteiger partial charge on any atom is 0.416 e. The number of carbonyl (C=O) groups is 1. The molecule has 1 aromatic carbocycles. The number of aryl methyl sites for hydroxylation is 1. The van der Waals surface area contributed by atoms with Gasteiger partial charge in [-0.2, -0.15) is 17.5 Å². The van der Waals surface area contributed by atoms with Crippen LogP contribution in [0.25, 0.3) is 0 Å². The first kappa shape index (κ1) is 27.2. The Bertz CT molecular complexity index is 1310. The fourth-order valence-electron chi connectivity index (χ4n) is 4.84. The Morgan fingerprint density at radius 1 is 1.16 bits per heavy atom. The molecule has 4 rings (SSSR count). The summed E-state index contributed by atoms with van der Waals surface area (Å²) in [6.07, 6.45) is -4.31. The number of alkyl halides is 5. The highest BCUT2D eigenvalue weighted by Crippen LogP contribution is 2.42. The van der Waals surface area contributed by atoms with Gasteiger partial charge in [0.2, 0.25) is 10.9 Å². The van der Waals surface area contributed by atoms with Gasteiger partial charge in [-0.3, -0.25) is 14.4 Å². The van der Waals surface area contributed by atoms with Crippen molar-refractivity contribution in [2.45, 2.75) is 48.3 Å². The number of halogens is 6. The molecule has 0 radical (unpaired) electrons. The van der Waals surface area contributed by atoms with E-state index in [4.69, 9.17) is 13.0 Å². The van der Waals surface area contributed by atoms with E-state index in [1.54, 1.807) is 0 Å². The monoisotopic (exact) mass is 585 g/mol. The minimum Gasteiger partial charge on any atom is -0.350 e. The van der Waals surface area contributed by atoms with Crippen molar-refractivity contribution in [1.82, 2.24) is 29.5 Å². The molecule has 1 N–H and O–H groups in total. The lowest BCUT2D eigenvalue weighted by molar-refractivity contribution is -0.137. The molecule has 0 atom stereocenters. The molecule has 210 valence electrons. The van der Waals surface area contributed by atoms with E-state index in [-0.39, 0.29) is 63.2 Å². The number of rotatable bonds is 6. The van der Waals surface area contributed by atoms with Gasteiger partial charge in [0, 0.05) is 59.5 Å². The first-order valence-corrected chi connectivity index (χ1v) is 13.5. The van der Waals surface area contributed by atoms with Crippen LogP contribution in [0.2, 0.25) is 5.02 Å². The third kappa shape index (κ3) is 5.95. The van der Waals surface area contributed by atoms with Gasteiger partial charge in [-0.15, -0.1) is 5.10 Å². The van der Waals surface area contributed by atoms with Gasteiger partial charge in [-0.05, 0) is 31.0 Å². The number of amides is 1. The standard InChI is InChI=1S/C22H26ClF5N6O3S/c1-32-13-18(30-31-32)38(36,37)34-10-8-33(9-11-34)20(4-6-21(24,25)7-5-20)14-29-19(35)16-3-2-15(12-17(16)23)22(26,27)28/h2-3,12-13H,4-11,14H2,1H3,(H,29,35)/i1D. The predicted octanol–water partition coefficient (Wildman–Crippen LogP) is 3.17. The van der Waals surface area contributed by atoms with Crippen LogP contribution < -0.4 is 5.32 Å². The molecule has 1 amide bonds. The first-order chi connectivity index (χ1) is 18.2. The van der Waals surface area contributed by atoms with Crippen LogP contribution in [0.4, 0.5) is 22.0 Å². The van der Waals surface area contributed by atoms with Crippen molar-refractivity contribution in [3.63, 3.8) is 0 Å². The molecule has 0 spiro atoms. The highest BCUT2D eigenvalue weighted by atomic mass is 35.5. The maximum absolute atomic E-state index is 14.1. The van der Waals surface area contributed by atoms with Crippen molar-refractivity contribution in [3.8, 4) is 0 Å². The van der Waals surface area contributed by atoms with E-state index in [9.17, 15) is 35.2 Å². The smallest absolute Gasteiger partial charge is 0.350 e. The van der Waals surface area contributed by atoms with Crippen LogP contribution in [0.3, 0.4) is 0 Å². The fourth-order valence-corrected chi connectivity index (χ4v) is 6.40. The molecule has 1 aliphatic carbocycles. The van der Waals surface area contributed by atoms with Crippen LogP contribution in [0.1, 0.15) is 43.0 Å². The summed E-state index contributed by atoms with van der Waals surface area (Å²) in [6, 6.07) is 2.35. The molecule has 1 aliphatic heterocycles. The van der Waals surface area contributed by atoms with Crippen LogP contribution in [-0.2, 0) is 23.2 Å². The molecule has 38 heavy (non-hydrogen) atoms. The summed E-state index contributed by atoms with van der Waals surface area (Å²) in [7, 11) is -4.28. The number of carbonyl (C=O) groups excluding carboxylic acids is 1. The molecule has 2 heterocycles. The number of hydrogen-bond donors (Lipinski definition) is 1. The summed E-state index contributed by atoms with van der Waals surface area (Å²) in [5.74, 6) is -3.62. The molecule has 0 bridgehead atoms. The molecule has 16 heteroatoms. The second-order valence-corrected chi connectivity index (χ2v) is 11.7. The minimum absolute atomic E-state index is 0.0194. The molecule has 2 aliphatic rings. The Hall–Kier alpha value is -2.36. The summed E-state index contributed by atoms with van der Waals surface area (Å²) in [5, 5.41) is 9.16. The Morgan fingerprint density at radius 3 is 2.37 bits per heavy atom. The zero-order valence-electron chi connectivity index (χ0n) is 21.0. The van der Waals surface area contributed by atoms with Crippen LogP contribution in [0.5, 0.6) is 0 Å². The highest BCUT2D eigenvalue weighted by Gasteiger charge is 2.48. The highest BCUT2D eigenvalue weighted by molar-refractivity contribution is 7.89. The second-order valence-electron chi connectivity index (χ2n) is 9.44. The van der Waals surface area contributed by atoms with Gasteiger partial charge in [0.1, 0.15) is 0 Å². The van der Waals surface area contributed by atoms with E-state index >= 15 is 0 Å². The van der Waals surface area contributed by atoms with Gasteiger partial charge in [0.25, 0.3) is 15.9 Å². The molecule has 9 nitrogen and oxygen atoms in total. The Labute approximate surface area is 222 Å². The number of nitrogens with zero attached hydrogens (tertiary/aromatic N) is 5. The van der Waals surface area contributed by atoms with Crippen molar-refractivity contribution < 1.29 is 36.5 Å².